The van der Waals surface area contributed by atoms with E-state index in [2.05, 4.69) is 0 Å². The van der Waals surface area contributed by atoms with Crippen molar-refractivity contribution in [2.45, 2.75) is 12.3 Å². The fourth-order valence-corrected chi connectivity index (χ4v) is 1.46. The maximum Gasteiger partial charge on any atom is 0.0780 e. The van der Waals surface area contributed by atoms with Gasteiger partial charge in [-0.15, -0.1) is 11.6 Å². The van der Waals surface area contributed by atoms with Crippen LogP contribution in [0, 0.1) is 0 Å². The van der Waals surface area contributed by atoms with Crippen LogP contribution >= 0.6 is 23.2 Å². The molecule has 0 aliphatic heterocycles. The van der Waals surface area contributed by atoms with Crippen molar-refractivity contribution in [1.29, 1.82) is 0 Å². The van der Waals surface area contributed by atoms with E-state index in [1.807, 2.05) is 43.3 Å². The number of alkyl halides is 1. The minimum atomic E-state index is -0.122. The lowest BCUT2D eigenvalue weighted by Crippen LogP contribution is -1.84. The monoisotopic (exact) mass is 200 g/mol. The van der Waals surface area contributed by atoms with Crippen molar-refractivity contribution in [3.63, 3.8) is 0 Å². The lowest BCUT2D eigenvalue weighted by atomic mass is 10.1. The Morgan fingerprint density at radius 2 is 1.92 bits per heavy atom. The predicted octanol–water partition coefficient (Wildman–Crippen LogP) is 4.11. The molecule has 0 bridgehead atoms. The Hall–Kier alpha value is -0.460. The molecule has 0 fully saturated rings. The van der Waals surface area contributed by atoms with Crippen LogP contribution in [0.5, 0.6) is 0 Å². The van der Waals surface area contributed by atoms with Gasteiger partial charge in [0.1, 0.15) is 0 Å². The molecule has 12 heavy (non-hydrogen) atoms. The summed E-state index contributed by atoms with van der Waals surface area (Å²) < 4.78 is 0. The van der Waals surface area contributed by atoms with Crippen LogP contribution in [0.25, 0.3) is 0 Å². The van der Waals surface area contributed by atoms with Gasteiger partial charge in [-0.2, -0.15) is 0 Å². The van der Waals surface area contributed by atoms with E-state index in [1.54, 1.807) is 0 Å². The van der Waals surface area contributed by atoms with E-state index in [-0.39, 0.29) is 5.38 Å². The van der Waals surface area contributed by atoms with Crippen LogP contribution in [0.4, 0.5) is 0 Å². The first-order valence-electron chi connectivity index (χ1n) is 3.73. The predicted molar refractivity (Wildman–Crippen MR) is 54.6 cm³/mol. The smallest absolute Gasteiger partial charge is 0.0780 e. The number of halogens is 2. The first kappa shape index (κ1) is 9.63. The van der Waals surface area contributed by atoms with Gasteiger partial charge in [0.25, 0.3) is 0 Å². The van der Waals surface area contributed by atoms with Gasteiger partial charge in [0, 0.05) is 5.03 Å². The fraction of sp³-hybridized carbons (Fsp3) is 0.200. The lowest BCUT2D eigenvalue weighted by molar-refractivity contribution is 1.20. The van der Waals surface area contributed by atoms with Gasteiger partial charge in [0.05, 0.1) is 5.38 Å². The molecule has 1 unspecified atom stereocenters. The van der Waals surface area contributed by atoms with E-state index in [1.165, 1.54) is 0 Å². The van der Waals surface area contributed by atoms with Gasteiger partial charge in [0.15, 0.2) is 0 Å². The highest BCUT2D eigenvalue weighted by atomic mass is 35.5. The van der Waals surface area contributed by atoms with Crippen molar-refractivity contribution >= 4 is 23.2 Å². The maximum absolute atomic E-state index is 6.04. The van der Waals surface area contributed by atoms with E-state index < -0.39 is 0 Å². The summed E-state index contributed by atoms with van der Waals surface area (Å²) in [4.78, 5) is 0. The minimum Gasteiger partial charge on any atom is -0.113 e. The molecule has 1 aromatic carbocycles. The average molecular weight is 201 g/mol. The van der Waals surface area contributed by atoms with E-state index in [0.29, 0.717) is 0 Å². The first-order valence-corrected chi connectivity index (χ1v) is 4.54. The molecule has 0 nitrogen and oxygen atoms in total. The molecule has 0 saturated carbocycles. The van der Waals surface area contributed by atoms with E-state index in [9.17, 15) is 0 Å². The van der Waals surface area contributed by atoms with E-state index in [4.69, 9.17) is 23.2 Å². The van der Waals surface area contributed by atoms with Crippen molar-refractivity contribution in [2.75, 3.05) is 0 Å². The highest BCUT2D eigenvalue weighted by Gasteiger charge is 2.02. The Labute approximate surface area is 82.8 Å². The van der Waals surface area contributed by atoms with Gasteiger partial charge in [-0.25, -0.2) is 0 Å². The van der Waals surface area contributed by atoms with Crippen molar-refractivity contribution in [3.05, 3.63) is 47.0 Å². The summed E-state index contributed by atoms with van der Waals surface area (Å²) in [5, 5.41) is 0.600. The fourth-order valence-electron chi connectivity index (χ4n) is 0.935. The number of allylic oxidation sites excluding steroid dienone is 2. The number of rotatable bonds is 2. The molecule has 1 rings (SSSR count). The maximum atomic E-state index is 6.04. The molecule has 0 radical (unpaired) electrons. The molecule has 0 aromatic heterocycles. The Kier molecular flexibility index (Phi) is 3.64. The lowest BCUT2D eigenvalue weighted by Gasteiger charge is -2.03. The molecular formula is C10H10Cl2. The molecule has 2 heteroatoms. The van der Waals surface area contributed by atoms with E-state index in [0.717, 1.165) is 10.6 Å². The van der Waals surface area contributed by atoms with Crippen LogP contribution in [-0.2, 0) is 0 Å². The van der Waals surface area contributed by atoms with Crippen molar-refractivity contribution < 1.29 is 0 Å². The van der Waals surface area contributed by atoms with E-state index >= 15 is 0 Å². The molecule has 0 saturated heterocycles. The summed E-state index contributed by atoms with van der Waals surface area (Å²) in [5.41, 5.74) is 1.07. The van der Waals surface area contributed by atoms with Crippen molar-refractivity contribution in [2.24, 2.45) is 0 Å². The number of hydrogen-bond donors (Lipinski definition) is 0. The summed E-state index contributed by atoms with van der Waals surface area (Å²) in [7, 11) is 0. The third-order valence-corrected chi connectivity index (χ3v) is 2.00. The number of benzene rings is 1. The molecule has 0 aliphatic rings. The first-order chi connectivity index (χ1) is 5.70. The zero-order valence-corrected chi connectivity index (χ0v) is 8.31. The Morgan fingerprint density at radius 3 is 2.42 bits per heavy atom. The molecule has 1 aromatic rings. The summed E-state index contributed by atoms with van der Waals surface area (Å²) in [6.45, 7) is 1.82. The van der Waals surface area contributed by atoms with Crippen LogP contribution in [0.2, 0.25) is 0 Å². The van der Waals surface area contributed by atoms with Gasteiger partial charge >= 0.3 is 0 Å². The summed E-state index contributed by atoms with van der Waals surface area (Å²) in [6.07, 6.45) is 1.82. The second kappa shape index (κ2) is 4.54. The number of hydrogen-bond acceptors (Lipinski definition) is 0. The molecule has 64 valence electrons. The summed E-state index contributed by atoms with van der Waals surface area (Å²) >= 11 is 11.7. The average Bonchev–Trinajstić information content (AvgIpc) is 2.05. The standard InChI is InChI=1S/C10H10Cl2/c1-8(11)7-10(12)9-5-3-2-4-6-9/h2-7,10H,1H3/b8-7-. The van der Waals surface area contributed by atoms with Gasteiger partial charge in [-0.3, -0.25) is 0 Å². The minimum absolute atomic E-state index is 0.122. The molecule has 0 amide bonds. The zero-order valence-electron chi connectivity index (χ0n) is 6.80. The highest BCUT2D eigenvalue weighted by Crippen LogP contribution is 2.23. The second-order valence-electron chi connectivity index (χ2n) is 2.57. The van der Waals surface area contributed by atoms with Gasteiger partial charge < -0.3 is 0 Å². The summed E-state index contributed by atoms with van der Waals surface area (Å²) in [6, 6.07) is 9.84. The van der Waals surface area contributed by atoms with Crippen LogP contribution in [0.15, 0.2) is 41.4 Å². The normalized spacial score (nSPS) is 14.4. The third-order valence-electron chi connectivity index (χ3n) is 1.49. The Bertz CT molecular complexity index is 260. The van der Waals surface area contributed by atoms with Crippen LogP contribution in [-0.4, -0.2) is 0 Å². The Balaban J connectivity index is 2.79. The van der Waals surface area contributed by atoms with Crippen LogP contribution in [0.3, 0.4) is 0 Å². The van der Waals surface area contributed by atoms with Gasteiger partial charge in [-0.1, -0.05) is 41.9 Å². The molecule has 0 N–H and O–H groups in total. The zero-order chi connectivity index (χ0) is 8.97. The van der Waals surface area contributed by atoms with Gasteiger partial charge in [0.2, 0.25) is 0 Å². The molecule has 0 spiro atoms. The SMILES string of the molecule is C/C(Cl)=C/C(Cl)c1ccccc1. The largest absolute Gasteiger partial charge is 0.113 e. The summed E-state index contributed by atoms with van der Waals surface area (Å²) in [5.74, 6) is 0. The third kappa shape index (κ3) is 2.88. The quantitative estimate of drug-likeness (QED) is 0.631. The Morgan fingerprint density at radius 1 is 1.33 bits per heavy atom. The second-order valence-corrected chi connectivity index (χ2v) is 3.63. The van der Waals surface area contributed by atoms with Crippen molar-refractivity contribution in [3.8, 4) is 0 Å². The molecule has 0 aliphatic carbocycles. The van der Waals surface area contributed by atoms with Crippen LogP contribution in [0.1, 0.15) is 17.9 Å². The van der Waals surface area contributed by atoms with Crippen molar-refractivity contribution in [1.82, 2.24) is 0 Å². The topological polar surface area (TPSA) is 0 Å². The molecule has 0 heterocycles. The molecular weight excluding hydrogens is 191 g/mol. The highest BCUT2D eigenvalue weighted by molar-refractivity contribution is 6.30. The van der Waals surface area contributed by atoms with Crippen LogP contribution < -0.4 is 0 Å². The molecule has 1 atom stereocenters. The van der Waals surface area contributed by atoms with Gasteiger partial charge in [-0.05, 0) is 18.6 Å².